The Morgan fingerprint density at radius 2 is 1.56 bits per heavy atom. The summed E-state index contributed by atoms with van der Waals surface area (Å²) in [7, 11) is 0. The van der Waals surface area contributed by atoms with E-state index in [1.54, 1.807) is 0 Å². The average Bonchev–Trinajstić information content (AvgIpc) is 2.79. The molecule has 0 spiro atoms. The first-order valence-corrected chi connectivity index (χ1v) is 11.2. The summed E-state index contributed by atoms with van der Waals surface area (Å²) in [6.07, 6.45) is 3.79. The number of benzene rings is 1. The van der Waals surface area contributed by atoms with E-state index >= 15 is 0 Å². The zero-order chi connectivity index (χ0) is 23.3. The van der Waals surface area contributed by atoms with Gasteiger partial charge in [-0.3, -0.25) is 4.79 Å². The third kappa shape index (κ3) is 5.69. The molecule has 3 rings (SSSR count). The molecular formula is C23H30F3N5O. The molecule has 1 saturated carbocycles. The Kier molecular flexibility index (Phi) is 7.93. The lowest BCUT2D eigenvalue weighted by Gasteiger charge is -2.30. The van der Waals surface area contributed by atoms with Crippen LogP contribution in [0.1, 0.15) is 62.6 Å². The molecule has 9 heteroatoms. The first-order chi connectivity index (χ1) is 15.3. The van der Waals surface area contributed by atoms with Gasteiger partial charge < -0.3 is 15.5 Å². The standard InChI is InChI=1S/C23H30F3N5O/c1-4-19-29-20(13-21(30-19)31(5-2)6-3)27-15-7-9-16(10-8-15)28-23(32)14-11-17(24)22(26)18(25)12-14/h11-13,15-16H,4-10H2,1-3H3,(H,28,32)(H,27,29,30)/t15-,16+. The van der Waals surface area contributed by atoms with Crippen LogP contribution >= 0.6 is 0 Å². The highest BCUT2D eigenvalue weighted by molar-refractivity contribution is 5.94. The van der Waals surface area contributed by atoms with Gasteiger partial charge in [0.1, 0.15) is 17.5 Å². The van der Waals surface area contributed by atoms with E-state index in [2.05, 4.69) is 39.3 Å². The summed E-state index contributed by atoms with van der Waals surface area (Å²) < 4.78 is 39.9. The fraction of sp³-hybridized carbons (Fsp3) is 0.522. The minimum atomic E-state index is -1.58. The fourth-order valence-corrected chi connectivity index (χ4v) is 3.97. The number of nitrogens with one attached hydrogen (secondary N) is 2. The number of anilines is 2. The highest BCUT2D eigenvalue weighted by Crippen LogP contribution is 2.24. The Balaban J connectivity index is 1.58. The van der Waals surface area contributed by atoms with E-state index < -0.39 is 23.4 Å². The zero-order valence-electron chi connectivity index (χ0n) is 18.7. The molecule has 1 heterocycles. The minimum absolute atomic E-state index is 0.112. The molecule has 0 aliphatic heterocycles. The smallest absolute Gasteiger partial charge is 0.251 e. The monoisotopic (exact) mass is 449 g/mol. The quantitative estimate of drug-likeness (QED) is 0.583. The predicted octanol–water partition coefficient (Wildman–Crippen LogP) is 4.46. The van der Waals surface area contributed by atoms with Crippen LogP contribution in [0.25, 0.3) is 0 Å². The molecule has 1 aliphatic carbocycles. The van der Waals surface area contributed by atoms with Gasteiger partial charge in [0.2, 0.25) is 0 Å². The maximum atomic E-state index is 13.4. The van der Waals surface area contributed by atoms with E-state index in [9.17, 15) is 18.0 Å². The molecule has 1 amide bonds. The molecule has 1 fully saturated rings. The Morgan fingerprint density at radius 3 is 2.12 bits per heavy atom. The van der Waals surface area contributed by atoms with Crippen LogP contribution in [-0.2, 0) is 6.42 Å². The van der Waals surface area contributed by atoms with E-state index in [1.807, 2.05) is 13.0 Å². The maximum absolute atomic E-state index is 13.4. The SMILES string of the molecule is CCc1nc(N[C@H]2CC[C@@H](NC(=O)c3cc(F)c(F)c(F)c3)CC2)cc(N(CC)CC)n1. The van der Waals surface area contributed by atoms with Crippen LogP contribution in [0, 0.1) is 17.5 Å². The third-order valence-electron chi connectivity index (χ3n) is 5.82. The maximum Gasteiger partial charge on any atom is 0.251 e. The van der Waals surface area contributed by atoms with Crippen molar-refractivity contribution in [3.05, 3.63) is 47.0 Å². The van der Waals surface area contributed by atoms with Crippen LogP contribution < -0.4 is 15.5 Å². The van der Waals surface area contributed by atoms with Gasteiger partial charge in [-0.1, -0.05) is 6.92 Å². The lowest BCUT2D eigenvalue weighted by atomic mass is 9.91. The number of aromatic nitrogens is 2. The van der Waals surface area contributed by atoms with E-state index in [0.717, 1.165) is 61.9 Å². The van der Waals surface area contributed by atoms with Gasteiger partial charge in [-0.05, 0) is 51.7 Å². The van der Waals surface area contributed by atoms with Crippen molar-refractivity contribution in [2.45, 2.75) is 65.0 Å². The first kappa shape index (κ1) is 23.8. The van der Waals surface area contributed by atoms with Crippen molar-refractivity contribution >= 4 is 17.5 Å². The van der Waals surface area contributed by atoms with Crippen molar-refractivity contribution < 1.29 is 18.0 Å². The molecule has 1 aromatic heterocycles. The molecule has 174 valence electrons. The van der Waals surface area contributed by atoms with Crippen molar-refractivity contribution in [3.8, 4) is 0 Å². The number of nitrogens with zero attached hydrogens (tertiary/aromatic N) is 3. The molecule has 0 saturated heterocycles. The summed E-state index contributed by atoms with van der Waals surface area (Å²) in [5.41, 5.74) is -0.223. The van der Waals surface area contributed by atoms with Crippen LogP contribution in [0.2, 0.25) is 0 Å². The van der Waals surface area contributed by atoms with E-state index in [4.69, 9.17) is 0 Å². The van der Waals surface area contributed by atoms with Gasteiger partial charge in [0.05, 0.1) is 0 Å². The molecule has 1 aromatic carbocycles. The summed E-state index contributed by atoms with van der Waals surface area (Å²) in [6, 6.07) is 3.49. The van der Waals surface area contributed by atoms with Gasteiger partial charge >= 0.3 is 0 Å². The van der Waals surface area contributed by atoms with Crippen molar-refractivity contribution in [1.82, 2.24) is 15.3 Å². The van der Waals surface area contributed by atoms with Crippen LogP contribution in [-0.4, -0.2) is 41.0 Å². The van der Waals surface area contributed by atoms with Crippen molar-refractivity contribution in [2.75, 3.05) is 23.3 Å². The highest BCUT2D eigenvalue weighted by atomic mass is 19.2. The largest absolute Gasteiger partial charge is 0.367 e. The molecule has 0 unspecified atom stereocenters. The first-order valence-electron chi connectivity index (χ1n) is 11.2. The molecule has 2 N–H and O–H groups in total. The summed E-state index contributed by atoms with van der Waals surface area (Å²) in [5.74, 6) is -2.43. The summed E-state index contributed by atoms with van der Waals surface area (Å²) in [6.45, 7) is 7.94. The van der Waals surface area contributed by atoms with E-state index in [0.29, 0.717) is 12.8 Å². The van der Waals surface area contributed by atoms with Gasteiger partial charge in [-0.2, -0.15) is 0 Å². The van der Waals surface area contributed by atoms with E-state index in [1.165, 1.54) is 0 Å². The Morgan fingerprint density at radius 1 is 0.969 bits per heavy atom. The molecule has 0 bridgehead atoms. The van der Waals surface area contributed by atoms with Crippen molar-refractivity contribution in [1.29, 1.82) is 0 Å². The van der Waals surface area contributed by atoms with Gasteiger partial charge in [-0.25, -0.2) is 23.1 Å². The number of amides is 1. The van der Waals surface area contributed by atoms with Crippen LogP contribution in [0.15, 0.2) is 18.2 Å². The van der Waals surface area contributed by atoms with Crippen LogP contribution in [0.3, 0.4) is 0 Å². The molecule has 2 aromatic rings. The Labute approximate surface area is 186 Å². The topological polar surface area (TPSA) is 70.2 Å². The number of hydrogen-bond donors (Lipinski definition) is 2. The lowest BCUT2D eigenvalue weighted by Crippen LogP contribution is -2.40. The summed E-state index contributed by atoms with van der Waals surface area (Å²) >= 11 is 0. The lowest BCUT2D eigenvalue weighted by molar-refractivity contribution is 0.0925. The number of carbonyl (C=O) groups excluding carboxylic acids is 1. The summed E-state index contributed by atoms with van der Waals surface area (Å²) in [5, 5.41) is 6.29. The Bertz CT molecular complexity index is 920. The fourth-order valence-electron chi connectivity index (χ4n) is 3.97. The zero-order valence-corrected chi connectivity index (χ0v) is 18.7. The second-order valence-corrected chi connectivity index (χ2v) is 7.97. The molecule has 32 heavy (non-hydrogen) atoms. The van der Waals surface area contributed by atoms with Crippen LogP contribution in [0.5, 0.6) is 0 Å². The van der Waals surface area contributed by atoms with Gasteiger partial charge in [0.25, 0.3) is 5.91 Å². The number of carbonyl (C=O) groups is 1. The van der Waals surface area contributed by atoms with Crippen molar-refractivity contribution in [3.63, 3.8) is 0 Å². The predicted molar refractivity (Wildman–Crippen MR) is 118 cm³/mol. The minimum Gasteiger partial charge on any atom is -0.367 e. The molecule has 0 atom stereocenters. The van der Waals surface area contributed by atoms with Gasteiger partial charge in [-0.15, -0.1) is 0 Å². The van der Waals surface area contributed by atoms with Crippen LogP contribution in [0.4, 0.5) is 24.8 Å². The molecular weight excluding hydrogens is 419 g/mol. The second-order valence-electron chi connectivity index (χ2n) is 7.97. The Hall–Kier alpha value is -2.84. The number of aryl methyl sites for hydroxylation is 1. The number of hydrogen-bond acceptors (Lipinski definition) is 5. The average molecular weight is 450 g/mol. The number of halogens is 3. The number of rotatable bonds is 8. The molecule has 0 radical (unpaired) electrons. The third-order valence-corrected chi connectivity index (χ3v) is 5.82. The second kappa shape index (κ2) is 10.7. The molecule has 1 aliphatic rings. The normalized spacial score (nSPS) is 18.3. The van der Waals surface area contributed by atoms with Crippen molar-refractivity contribution in [2.24, 2.45) is 0 Å². The summed E-state index contributed by atoms with van der Waals surface area (Å²) in [4.78, 5) is 23.7. The van der Waals surface area contributed by atoms with Gasteiger partial charge in [0, 0.05) is 43.2 Å². The van der Waals surface area contributed by atoms with Gasteiger partial charge in [0.15, 0.2) is 17.5 Å². The molecule has 6 nitrogen and oxygen atoms in total. The van der Waals surface area contributed by atoms with E-state index in [-0.39, 0.29) is 17.6 Å². The highest BCUT2D eigenvalue weighted by Gasteiger charge is 2.24.